The van der Waals surface area contributed by atoms with Crippen molar-refractivity contribution >= 4 is 17.6 Å². The van der Waals surface area contributed by atoms with Crippen molar-refractivity contribution in [3.8, 4) is 0 Å². The lowest BCUT2D eigenvalue weighted by Crippen LogP contribution is -2.57. The molecule has 0 aromatic carbocycles. The minimum atomic E-state index is -4.56. The van der Waals surface area contributed by atoms with Crippen LogP contribution in [-0.2, 0) is 11.0 Å². The van der Waals surface area contributed by atoms with E-state index >= 15 is 0 Å². The van der Waals surface area contributed by atoms with E-state index < -0.39 is 17.6 Å². The number of anilines is 1. The number of carbonyl (C=O) groups excluding carboxylic acids is 2. The van der Waals surface area contributed by atoms with Gasteiger partial charge in [-0.2, -0.15) is 13.2 Å². The van der Waals surface area contributed by atoms with Crippen LogP contribution in [0.15, 0.2) is 12.3 Å². The molecule has 0 bridgehead atoms. The summed E-state index contributed by atoms with van der Waals surface area (Å²) < 4.78 is 39.0. The molecule has 9 heteroatoms. The van der Waals surface area contributed by atoms with Crippen LogP contribution in [0.2, 0.25) is 0 Å². The van der Waals surface area contributed by atoms with E-state index in [4.69, 9.17) is 0 Å². The quantitative estimate of drug-likeness (QED) is 0.799. The molecule has 0 saturated carbocycles. The second kappa shape index (κ2) is 6.77. The first-order valence-corrected chi connectivity index (χ1v) is 8.59. The zero-order valence-electron chi connectivity index (χ0n) is 14.7. The van der Waals surface area contributed by atoms with Gasteiger partial charge >= 0.3 is 6.18 Å². The number of piperazine rings is 1. The van der Waals surface area contributed by atoms with Crippen molar-refractivity contribution < 1.29 is 22.8 Å². The number of hydrogen-bond donors (Lipinski definition) is 0. The Morgan fingerprint density at radius 2 is 2.04 bits per heavy atom. The number of fused-ring (bicyclic) bond motifs is 3. The highest BCUT2D eigenvalue weighted by molar-refractivity contribution is 5.99. The molecule has 1 aromatic heterocycles. The van der Waals surface area contributed by atoms with Crippen LogP contribution in [0.4, 0.5) is 19.0 Å². The zero-order chi connectivity index (χ0) is 19.1. The number of amides is 2. The summed E-state index contributed by atoms with van der Waals surface area (Å²) in [4.78, 5) is 33.8. The Bertz CT molecular complexity index is 722. The zero-order valence-corrected chi connectivity index (χ0v) is 14.7. The van der Waals surface area contributed by atoms with E-state index in [-0.39, 0.29) is 23.3 Å². The lowest BCUT2D eigenvalue weighted by molar-refractivity contribution is -0.138. The van der Waals surface area contributed by atoms with Gasteiger partial charge in [0.15, 0.2) is 0 Å². The van der Waals surface area contributed by atoms with Crippen LogP contribution in [-0.4, -0.2) is 65.9 Å². The topological polar surface area (TPSA) is 56.8 Å². The number of likely N-dealkylation sites (N-methyl/N-ethyl adjacent to an activating group) is 1. The summed E-state index contributed by atoms with van der Waals surface area (Å²) in [5.74, 6) is -0.162. The molecule has 26 heavy (non-hydrogen) atoms. The van der Waals surface area contributed by atoms with E-state index in [1.165, 1.54) is 4.90 Å². The van der Waals surface area contributed by atoms with Gasteiger partial charge < -0.3 is 14.7 Å². The molecule has 142 valence electrons. The second-order valence-electron chi connectivity index (χ2n) is 6.72. The lowest BCUT2D eigenvalue weighted by Gasteiger charge is -2.42. The third-order valence-electron chi connectivity index (χ3n) is 4.83. The van der Waals surface area contributed by atoms with Gasteiger partial charge in [-0.3, -0.25) is 9.59 Å². The fraction of sp³-hybridized carbons (Fsp3) is 0.588. The van der Waals surface area contributed by atoms with Crippen molar-refractivity contribution in [3.05, 3.63) is 23.4 Å². The molecule has 0 radical (unpaired) electrons. The summed E-state index contributed by atoms with van der Waals surface area (Å²) in [5, 5.41) is 0. The number of pyridine rings is 1. The van der Waals surface area contributed by atoms with Gasteiger partial charge in [-0.1, -0.05) is 6.92 Å². The van der Waals surface area contributed by atoms with Gasteiger partial charge in [0.1, 0.15) is 5.82 Å². The highest BCUT2D eigenvalue weighted by Crippen LogP contribution is 2.34. The number of hydrogen-bond acceptors (Lipinski definition) is 4. The average molecular weight is 370 g/mol. The predicted molar refractivity (Wildman–Crippen MR) is 88.8 cm³/mol. The van der Waals surface area contributed by atoms with E-state index in [0.29, 0.717) is 32.6 Å². The van der Waals surface area contributed by atoms with Crippen molar-refractivity contribution in [2.75, 3.05) is 38.1 Å². The van der Waals surface area contributed by atoms with E-state index in [1.807, 2.05) is 11.8 Å². The molecule has 6 nitrogen and oxygen atoms in total. The Hall–Kier alpha value is -2.32. The molecular formula is C17H21F3N4O2. The third kappa shape index (κ3) is 3.34. The van der Waals surface area contributed by atoms with Gasteiger partial charge in [0.05, 0.1) is 17.2 Å². The highest BCUT2D eigenvalue weighted by Gasteiger charge is 2.39. The van der Waals surface area contributed by atoms with Crippen LogP contribution in [0.25, 0.3) is 0 Å². The monoisotopic (exact) mass is 370 g/mol. The van der Waals surface area contributed by atoms with Crippen LogP contribution < -0.4 is 4.90 Å². The maximum absolute atomic E-state index is 13.0. The van der Waals surface area contributed by atoms with Crippen molar-refractivity contribution in [1.82, 2.24) is 14.8 Å². The number of rotatable bonds is 2. The van der Waals surface area contributed by atoms with Gasteiger partial charge in [-0.25, -0.2) is 4.98 Å². The van der Waals surface area contributed by atoms with Crippen molar-refractivity contribution in [2.24, 2.45) is 0 Å². The van der Waals surface area contributed by atoms with Gasteiger partial charge in [0, 0.05) is 45.8 Å². The lowest BCUT2D eigenvalue weighted by atomic mass is 10.1. The van der Waals surface area contributed by atoms with Gasteiger partial charge in [-0.05, 0) is 12.5 Å². The first kappa shape index (κ1) is 18.5. The maximum Gasteiger partial charge on any atom is 0.417 e. The molecular weight excluding hydrogens is 349 g/mol. The average Bonchev–Trinajstić information content (AvgIpc) is 2.69. The standard InChI is InChI=1S/C17H21F3N4O2/c1-3-4-14(25)23-5-6-24-12(10-23)9-22(2)16(26)13-7-11(17(18,19)20)8-21-15(13)24/h7-8,12H,3-6,9-10H2,1-2H3/t12-/m0/s1. The molecule has 1 atom stereocenters. The fourth-order valence-corrected chi connectivity index (χ4v) is 3.49. The first-order valence-electron chi connectivity index (χ1n) is 8.59. The number of nitrogens with zero attached hydrogens (tertiary/aromatic N) is 4. The molecule has 1 saturated heterocycles. The van der Waals surface area contributed by atoms with E-state index in [2.05, 4.69) is 4.98 Å². The van der Waals surface area contributed by atoms with Crippen molar-refractivity contribution in [3.63, 3.8) is 0 Å². The summed E-state index contributed by atoms with van der Waals surface area (Å²) in [6, 6.07) is 0.682. The van der Waals surface area contributed by atoms with E-state index in [9.17, 15) is 22.8 Å². The SMILES string of the molecule is CCCC(=O)N1CCN2c3ncc(C(F)(F)F)cc3C(=O)N(C)C[C@H]2C1. The Balaban J connectivity index is 1.94. The van der Waals surface area contributed by atoms with Crippen LogP contribution in [0, 0.1) is 0 Å². The Morgan fingerprint density at radius 1 is 1.31 bits per heavy atom. The fourth-order valence-electron chi connectivity index (χ4n) is 3.49. The van der Waals surface area contributed by atoms with Crippen molar-refractivity contribution in [2.45, 2.75) is 32.0 Å². The summed E-state index contributed by atoms with van der Waals surface area (Å²) in [6.45, 7) is 3.59. The molecule has 0 unspecified atom stereocenters. The van der Waals surface area contributed by atoms with E-state index in [1.54, 1.807) is 11.9 Å². The molecule has 0 N–H and O–H groups in total. The molecule has 2 aliphatic rings. The predicted octanol–water partition coefficient (Wildman–Crippen LogP) is 2.00. The van der Waals surface area contributed by atoms with Gasteiger partial charge in [0.2, 0.25) is 5.91 Å². The summed E-state index contributed by atoms with van der Waals surface area (Å²) in [6.07, 6.45) is -2.57. The Kier molecular flexibility index (Phi) is 4.81. The summed E-state index contributed by atoms with van der Waals surface area (Å²) in [5.41, 5.74) is -0.980. The molecule has 2 amide bonds. The summed E-state index contributed by atoms with van der Waals surface area (Å²) >= 11 is 0. The number of carbonyl (C=O) groups is 2. The van der Waals surface area contributed by atoms with E-state index in [0.717, 1.165) is 18.7 Å². The molecule has 3 heterocycles. The molecule has 1 aromatic rings. The minimum Gasteiger partial charge on any atom is -0.348 e. The van der Waals surface area contributed by atoms with Crippen LogP contribution in [0.1, 0.15) is 35.7 Å². The minimum absolute atomic E-state index is 0.0434. The smallest absolute Gasteiger partial charge is 0.348 e. The van der Waals surface area contributed by atoms with Crippen LogP contribution in [0.5, 0.6) is 0 Å². The number of alkyl halides is 3. The molecule has 0 aliphatic carbocycles. The summed E-state index contributed by atoms with van der Waals surface area (Å²) in [7, 11) is 1.56. The normalized spacial score (nSPS) is 20.6. The molecule has 2 aliphatic heterocycles. The molecule has 1 fully saturated rings. The highest BCUT2D eigenvalue weighted by atomic mass is 19.4. The first-order chi connectivity index (χ1) is 12.2. The number of halogens is 3. The second-order valence-corrected chi connectivity index (χ2v) is 6.72. The van der Waals surface area contributed by atoms with Gasteiger partial charge in [0.25, 0.3) is 5.91 Å². The van der Waals surface area contributed by atoms with Crippen LogP contribution >= 0.6 is 0 Å². The third-order valence-corrected chi connectivity index (χ3v) is 4.83. The van der Waals surface area contributed by atoms with Crippen molar-refractivity contribution in [1.29, 1.82) is 0 Å². The Labute approximate surface area is 149 Å². The molecule has 3 rings (SSSR count). The largest absolute Gasteiger partial charge is 0.417 e. The number of aromatic nitrogens is 1. The van der Waals surface area contributed by atoms with Gasteiger partial charge in [-0.15, -0.1) is 0 Å². The molecule has 0 spiro atoms. The Morgan fingerprint density at radius 3 is 2.69 bits per heavy atom. The van der Waals surface area contributed by atoms with Crippen LogP contribution in [0.3, 0.4) is 0 Å². The maximum atomic E-state index is 13.0.